The Labute approximate surface area is 129 Å². The average Bonchev–Trinajstić information content (AvgIpc) is 2.55. The molecule has 0 spiro atoms. The van der Waals surface area contributed by atoms with Crippen molar-refractivity contribution in [3.05, 3.63) is 41.5 Å². The lowest BCUT2D eigenvalue weighted by Crippen LogP contribution is -2.21. The standard InChI is InChI=1S/C20H28O/c1-2-4-6-8-14-19-18-13-11-10-12-17(18)16-21-20(19)15-9-7-5-3-1/h10-14,20H,1-9,15-16H2/b19-14-. The molecule has 0 saturated heterocycles. The molecule has 1 nitrogen and oxygen atoms in total. The molecule has 1 heterocycles. The Bertz CT molecular complexity index is 474. The van der Waals surface area contributed by atoms with Gasteiger partial charge in [-0.3, -0.25) is 0 Å². The van der Waals surface area contributed by atoms with E-state index in [0.29, 0.717) is 6.10 Å². The Hall–Kier alpha value is -1.08. The van der Waals surface area contributed by atoms with E-state index in [4.69, 9.17) is 4.74 Å². The van der Waals surface area contributed by atoms with Crippen molar-refractivity contribution >= 4 is 5.57 Å². The normalized spacial score (nSPS) is 27.0. The molecule has 1 heteroatoms. The van der Waals surface area contributed by atoms with Gasteiger partial charge in [-0.2, -0.15) is 0 Å². The molecule has 0 N–H and O–H groups in total. The maximum atomic E-state index is 6.18. The van der Waals surface area contributed by atoms with Crippen LogP contribution >= 0.6 is 0 Å². The molecule has 1 unspecified atom stereocenters. The fourth-order valence-electron chi connectivity index (χ4n) is 3.65. The molecule has 2 aliphatic rings. The van der Waals surface area contributed by atoms with E-state index in [1.165, 1.54) is 80.9 Å². The van der Waals surface area contributed by atoms with Crippen molar-refractivity contribution in [1.82, 2.24) is 0 Å². The van der Waals surface area contributed by atoms with Gasteiger partial charge in [-0.15, -0.1) is 0 Å². The molecule has 0 bridgehead atoms. The zero-order valence-electron chi connectivity index (χ0n) is 13.2. The first-order valence-corrected chi connectivity index (χ1v) is 8.85. The molecule has 1 aliphatic carbocycles. The maximum Gasteiger partial charge on any atom is 0.0832 e. The highest BCUT2D eigenvalue weighted by molar-refractivity contribution is 5.72. The average molecular weight is 284 g/mol. The molecule has 1 atom stereocenters. The summed E-state index contributed by atoms with van der Waals surface area (Å²) in [5.74, 6) is 0. The van der Waals surface area contributed by atoms with Crippen molar-refractivity contribution in [3.8, 4) is 0 Å². The van der Waals surface area contributed by atoms with E-state index in [1.807, 2.05) is 0 Å². The zero-order chi connectivity index (χ0) is 14.3. The third kappa shape index (κ3) is 3.97. The van der Waals surface area contributed by atoms with Crippen molar-refractivity contribution in [2.75, 3.05) is 0 Å². The number of ether oxygens (including phenoxy) is 1. The zero-order valence-corrected chi connectivity index (χ0v) is 13.2. The summed E-state index contributed by atoms with van der Waals surface area (Å²) >= 11 is 0. The van der Waals surface area contributed by atoms with E-state index in [-0.39, 0.29) is 0 Å². The number of hydrogen-bond donors (Lipinski definition) is 0. The van der Waals surface area contributed by atoms with Crippen molar-refractivity contribution in [1.29, 1.82) is 0 Å². The maximum absolute atomic E-state index is 6.18. The molecule has 1 aliphatic heterocycles. The number of benzene rings is 1. The molecule has 1 aromatic carbocycles. The van der Waals surface area contributed by atoms with Gasteiger partial charge in [0, 0.05) is 0 Å². The highest BCUT2D eigenvalue weighted by Crippen LogP contribution is 2.34. The van der Waals surface area contributed by atoms with Crippen LogP contribution in [0.25, 0.3) is 5.57 Å². The summed E-state index contributed by atoms with van der Waals surface area (Å²) in [6, 6.07) is 8.80. The fourth-order valence-corrected chi connectivity index (χ4v) is 3.65. The Kier molecular flexibility index (Phi) is 5.51. The van der Waals surface area contributed by atoms with Crippen LogP contribution in [0.2, 0.25) is 0 Å². The van der Waals surface area contributed by atoms with E-state index in [9.17, 15) is 0 Å². The summed E-state index contributed by atoms with van der Waals surface area (Å²) in [5, 5.41) is 0. The van der Waals surface area contributed by atoms with Crippen LogP contribution < -0.4 is 0 Å². The molecule has 0 saturated carbocycles. The first kappa shape index (κ1) is 14.8. The van der Waals surface area contributed by atoms with Gasteiger partial charge in [0.05, 0.1) is 12.7 Å². The summed E-state index contributed by atoms with van der Waals surface area (Å²) in [4.78, 5) is 0. The van der Waals surface area contributed by atoms with Crippen LogP contribution in [0.4, 0.5) is 0 Å². The Morgan fingerprint density at radius 2 is 1.52 bits per heavy atom. The predicted molar refractivity (Wildman–Crippen MR) is 89.2 cm³/mol. The van der Waals surface area contributed by atoms with Gasteiger partial charge in [0.2, 0.25) is 0 Å². The molecule has 0 aromatic heterocycles. The molecule has 0 radical (unpaired) electrons. The van der Waals surface area contributed by atoms with E-state index in [0.717, 1.165) is 6.61 Å². The quantitative estimate of drug-likeness (QED) is 0.577. The van der Waals surface area contributed by atoms with Gasteiger partial charge in [-0.1, -0.05) is 75.3 Å². The molecule has 0 fully saturated rings. The Balaban J connectivity index is 1.78. The van der Waals surface area contributed by atoms with E-state index >= 15 is 0 Å². The molecule has 21 heavy (non-hydrogen) atoms. The lowest BCUT2D eigenvalue weighted by atomic mass is 9.89. The van der Waals surface area contributed by atoms with Crippen molar-refractivity contribution < 1.29 is 4.74 Å². The van der Waals surface area contributed by atoms with Crippen molar-refractivity contribution in [2.24, 2.45) is 0 Å². The minimum Gasteiger partial charge on any atom is -0.369 e. The first-order chi connectivity index (χ1) is 10.4. The number of hydrogen-bond acceptors (Lipinski definition) is 1. The summed E-state index contributed by atoms with van der Waals surface area (Å²) in [7, 11) is 0. The van der Waals surface area contributed by atoms with Crippen LogP contribution in [0, 0.1) is 0 Å². The summed E-state index contributed by atoms with van der Waals surface area (Å²) in [6.07, 6.45) is 16.3. The summed E-state index contributed by atoms with van der Waals surface area (Å²) in [5.41, 5.74) is 4.28. The van der Waals surface area contributed by atoms with Gasteiger partial charge in [0.1, 0.15) is 0 Å². The second-order valence-electron chi connectivity index (χ2n) is 6.52. The predicted octanol–water partition coefficient (Wildman–Crippen LogP) is 5.88. The lowest BCUT2D eigenvalue weighted by molar-refractivity contribution is 0.0640. The number of rotatable bonds is 0. The summed E-state index contributed by atoms with van der Waals surface area (Å²) < 4.78 is 6.18. The van der Waals surface area contributed by atoms with Gasteiger partial charge in [0.25, 0.3) is 0 Å². The van der Waals surface area contributed by atoms with Crippen LogP contribution in [0.1, 0.15) is 75.3 Å². The lowest BCUT2D eigenvalue weighted by Gasteiger charge is -2.28. The molecule has 3 rings (SSSR count). The minimum atomic E-state index is 0.334. The van der Waals surface area contributed by atoms with Crippen molar-refractivity contribution in [2.45, 2.75) is 76.9 Å². The third-order valence-electron chi connectivity index (χ3n) is 4.90. The first-order valence-electron chi connectivity index (χ1n) is 8.85. The van der Waals surface area contributed by atoms with Crippen LogP contribution in [0.5, 0.6) is 0 Å². The highest BCUT2D eigenvalue weighted by Gasteiger charge is 2.23. The molecule has 1 aromatic rings. The van der Waals surface area contributed by atoms with Gasteiger partial charge in [-0.25, -0.2) is 0 Å². The topological polar surface area (TPSA) is 9.23 Å². The Morgan fingerprint density at radius 1 is 0.810 bits per heavy atom. The summed E-state index contributed by atoms with van der Waals surface area (Å²) in [6.45, 7) is 0.790. The van der Waals surface area contributed by atoms with Gasteiger partial charge < -0.3 is 4.74 Å². The van der Waals surface area contributed by atoms with Gasteiger partial charge >= 0.3 is 0 Å². The van der Waals surface area contributed by atoms with Crippen LogP contribution in [0.15, 0.2) is 30.3 Å². The Morgan fingerprint density at radius 3 is 2.38 bits per heavy atom. The monoisotopic (exact) mass is 284 g/mol. The SMILES string of the molecule is C1=C2/c3ccccc3COC2CCCCCCCCCC/1. The van der Waals surface area contributed by atoms with E-state index in [2.05, 4.69) is 30.3 Å². The van der Waals surface area contributed by atoms with Gasteiger partial charge in [-0.05, 0) is 36.0 Å². The second kappa shape index (κ2) is 7.79. The molecular weight excluding hydrogens is 256 g/mol. The van der Waals surface area contributed by atoms with Crippen LogP contribution in [0.3, 0.4) is 0 Å². The van der Waals surface area contributed by atoms with E-state index in [1.54, 1.807) is 0 Å². The third-order valence-corrected chi connectivity index (χ3v) is 4.90. The largest absolute Gasteiger partial charge is 0.369 e. The van der Waals surface area contributed by atoms with E-state index < -0.39 is 0 Å². The molecule has 114 valence electrons. The number of fused-ring (bicyclic) bond motifs is 3. The number of allylic oxidation sites excluding steroid dienone is 1. The fraction of sp³-hybridized carbons (Fsp3) is 0.600. The van der Waals surface area contributed by atoms with Crippen LogP contribution in [-0.2, 0) is 11.3 Å². The molecular formula is C20H28O. The second-order valence-corrected chi connectivity index (χ2v) is 6.52. The molecule has 0 amide bonds. The minimum absolute atomic E-state index is 0.334. The smallest absolute Gasteiger partial charge is 0.0832 e. The van der Waals surface area contributed by atoms with Crippen LogP contribution in [-0.4, -0.2) is 6.10 Å². The highest BCUT2D eigenvalue weighted by atomic mass is 16.5. The van der Waals surface area contributed by atoms with Crippen molar-refractivity contribution in [3.63, 3.8) is 0 Å². The van der Waals surface area contributed by atoms with Gasteiger partial charge in [0.15, 0.2) is 0 Å².